The van der Waals surface area contributed by atoms with Gasteiger partial charge in [0.2, 0.25) is 11.7 Å². The fourth-order valence-electron chi connectivity index (χ4n) is 2.77. The van der Waals surface area contributed by atoms with Gasteiger partial charge in [-0.2, -0.15) is 0 Å². The largest absolute Gasteiger partial charge is 0.470 e. The van der Waals surface area contributed by atoms with E-state index < -0.39 is 23.8 Å². The molecule has 2 aromatic carbocycles. The van der Waals surface area contributed by atoms with Crippen LogP contribution in [0.15, 0.2) is 66.1 Å². The average Bonchev–Trinajstić information content (AvgIpc) is 3.09. The number of amides is 1. The smallest absolute Gasteiger partial charge is 0.348 e. The van der Waals surface area contributed by atoms with Crippen LogP contribution in [0.1, 0.15) is 24.2 Å². The molecule has 0 spiro atoms. The monoisotopic (exact) mass is 408 g/mol. The number of anilines is 2. The van der Waals surface area contributed by atoms with Gasteiger partial charge in [0, 0.05) is 11.3 Å². The fourth-order valence-corrected chi connectivity index (χ4v) is 2.77. The Labute approximate surface area is 172 Å². The van der Waals surface area contributed by atoms with Crippen LogP contribution in [-0.2, 0) is 23.9 Å². The third kappa shape index (κ3) is 4.72. The fraction of sp³-hybridized carbons (Fsp3) is 0.182. The molecule has 3 rings (SSSR count). The first-order valence-electron chi connectivity index (χ1n) is 9.21. The number of hydrogen-bond donors (Lipinski definition) is 2. The predicted octanol–water partition coefficient (Wildman–Crippen LogP) is 2.68. The minimum absolute atomic E-state index is 0.0225. The first-order valence-corrected chi connectivity index (χ1v) is 9.21. The van der Waals surface area contributed by atoms with Crippen LogP contribution in [0, 0.1) is 0 Å². The lowest BCUT2D eigenvalue weighted by atomic mass is 10.1. The molecule has 0 radical (unpaired) electrons. The molecule has 0 aromatic heterocycles. The van der Waals surface area contributed by atoms with E-state index in [2.05, 4.69) is 10.6 Å². The van der Waals surface area contributed by atoms with Crippen molar-refractivity contribution in [3.8, 4) is 0 Å². The summed E-state index contributed by atoms with van der Waals surface area (Å²) in [4.78, 5) is 48.8. The summed E-state index contributed by atoms with van der Waals surface area (Å²) < 4.78 is 10.4. The molecule has 154 valence electrons. The van der Waals surface area contributed by atoms with Gasteiger partial charge in [-0.15, -0.1) is 0 Å². The summed E-state index contributed by atoms with van der Waals surface area (Å²) in [6.07, 6.45) is -1.21. The number of ketones is 2. The van der Waals surface area contributed by atoms with Crippen LogP contribution in [0.2, 0.25) is 0 Å². The molecule has 1 atom stereocenters. The molecule has 0 saturated carbocycles. The van der Waals surface area contributed by atoms with Crippen molar-refractivity contribution in [3.05, 3.63) is 71.6 Å². The van der Waals surface area contributed by atoms with E-state index in [9.17, 15) is 19.2 Å². The molecule has 0 unspecified atom stereocenters. The van der Waals surface area contributed by atoms with E-state index in [1.54, 1.807) is 48.5 Å². The van der Waals surface area contributed by atoms with Crippen LogP contribution in [-0.4, -0.2) is 36.2 Å². The van der Waals surface area contributed by atoms with Crippen LogP contribution in [0.3, 0.4) is 0 Å². The maximum atomic E-state index is 12.5. The number of Topliss-reactive ketones (excluding diaryl/α,β-unsaturated/α-hetero) is 2. The highest BCUT2D eigenvalue weighted by atomic mass is 16.6. The van der Waals surface area contributed by atoms with E-state index in [0.717, 1.165) is 0 Å². The number of hydrogen-bond acceptors (Lipinski definition) is 7. The number of para-hydroxylation sites is 2. The van der Waals surface area contributed by atoms with Crippen molar-refractivity contribution in [2.24, 2.45) is 0 Å². The standard InChI is InChI=1S/C22H20N2O6/c1-13(25)16-10-6-7-11-17(16)24-20(27)14(2)30-22(28)19-18(26)12-29-21(19)23-15-8-4-3-5-9-15/h3-11,14,23H,12H2,1-2H3,(H,24,27)/t14-/m0/s1. The first-order chi connectivity index (χ1) is 14.4. The highest BCUT2D eigenvalue weighted by Gasteiger charge is 2.34. The summed E-state index contributed by atoms with van der Waals surface area (Å²) in [5, 5.41) is 5.43. The Bertz CT molecular complexity index is 1030. The average molecular weight is 408 g/mol. The molecule has 1 heterocycles. The minimum Gasteiger partial charge on any atom is -0.470 e. The van der Waals surface area contributed by atoms with Crippen molar-refractivity contribution in [3.63, 3.8) is 0 Å². The number of benzene rings is 2. The Morgan fingerprint density at radius 3 is 2.40 bits per heavy atom. The number of nitrogens with one attached hydrogen (secondary N) is 2. The Morgan fingerprint density at radius 1 is 1.03 bits per heavy atom. The van der Waals surface area contributed by atoms with Gasteiger partial charge < -0.3 is 20.1 Å². The third-order valence-corrected chi connectivity index (χ3v) is 4.31. The Hall–Kier alpha value is -3.94. The lowest BCUT2D eigenvalue weighted by Crippen LogP contribution is -2.32. The van der Waals surface area contributed by atoms with Crippen molar-refractivity contribution in [1.29, 1.82) is 0 Å². The number of ether oxygens (including phenoxy) is 2. The Balaban J connectivity index is 1.71. The summed E-state index contributed by atoms with van der Waals surface area (Å²) in [7, 11) is 0. The predicted molar refractivity (Wildman–Crippen MR) is 109 cm³/mol. The second-order valence-electron chi connectivity index (χ2n) is 6.55. The number of carbonyl (C=O) groups excluding carboxylic acids is 4. The van der Waals surface area contributed by atoms with E-state index in [0.29, 0.717) is 16.9 Å². The zero-order valence-corrected chi connectivity index (χ0v) is 16.4. The maximum Gasteiger partial charge on any atom is 0.348 e. The maximum absolute atomic E-state index is 12.5. The number of rotatable bonds is 7. The molecule has 0 saturated heterocycles. The van der Waals surface area contributed by atoms with E-state index >= 15 is 0 Å². The summed E-state index contributed by atoms with van der Waals surface area (Å²) in [6, 6.07) is 15.4. The van der Waals surface area contributed by atoms with Crippen LogP contribution >= 0.6 is 0 Å². The van der Waals surface area contributed by atoms with Crippen LogP contribution in [0.25, 0.3) is 0 Å². The van der Waals surface area contributed by atoms with Gasteiger partial charge in [-0.25, -0.2) is 4.79 Å². The van der Waals surface area contributed by atoms with Gasteiger partial charge in [-0.05, 0) is 38.1 Å². The molecule has 0 fully saturated rings. The molecular weight excluding hydrogens is 388 g/mol. The highest BCUT2D eigenvalue weighted by Crippen LogP contribution is 2.21. The quantitative estimate of drug-likeness (QED) is 0.412. The lowest BCUT2D eigenvalue weighted by molar-refractivity contribution is -0.150. The molecule has 0 aliphatic carbocycles. The number of carbonyl (C=O) groups is 4. The molecule has 0 bridgehead atoms. The van der Waals surface area contributed by atoms with Crippen molar-refractivity contribution in [2.75, 3.05) is 17.2 Å². The van der Waals surface area contributed by atoms with Crippen molar-refractivity contribution >= 4 is 34.8 Å². The molecule has 1 aliphatic heterocycles. The van der Waals surface area contributed by atoms with Gasteiger partial charge in [0.25, 0.3) is 5.91 Å². The third-order valence-electron chi connectivity index (χ3n) is 4.31. The van der Waals surface area contributed by atoms with Crippen molar-refractivity contribution in [2.45, 2.75) is 20.0 Å². The highest BCUT2D eigenvalue weighted by molar-refractivity contribution is 6.20. The molecule has 8 nitrogen and oxygen atoms in total. The van der Waals surface area contributed by atoms with E-state index in [1.165, 1.54) is 13.8 Å². The molecule has 1 amide bonds. The summed E-state index contributed by atoms with van der Waals surface area (Å²) in [5.74, 6) is -2.40. The van der Waals surface area contributed by atoms with Gasteiger partial charge in [0.1, 0.15) is 0 Å². The molecule has 2 N–H and O–H groups in total. The minimum atomic E-state index is -1.21. The molecule has 8 heteroatoms. The normalized spacial score (nSPS) is 14.0. The molecule has 1 aliphatic rings. The van der Waals surface area contributed by atoms with E-state index in [4.69, 9.17) is 9.47 Å². The van der Waals surface area contributed by atoms with Crippen LogP contribution in [0.5, 0.6) is 0 Å². The van der Waals surface area contributed by atoms with E-state index in [1.807, 2.05) is 6.07 Å². The lowest BCUT2D eigenvalue weighted by Gasteiger charge is -2.15. The van der Waals surface area contributed by atoms with E-state index in [-0.39, 0.29) is 23.8 Å². The Kier molecular flexibility index (Phi) is 6.26. The second kappa shape index (κ2) is 9.04. The van der Waals surface area contributed by atoms with Gasteiger partial charge in [0.15, 0.2) is 24.1 Å². The van der Waals surface area contributed by atoms with Crippen molar-refractivity contribution in [1.82, 2.24) is 0 Å². The van der Waals surface area contributed by atoms with Gasteiger partial charge in [-0.3, -0.25) is 14.4 Å². The number of esters is 1. The SMILES string of the molecule is CC(=O)c1ccccc1NC(=O)[C@H](C)OC(=O)C1=C(Nc2ccccc2)OCC1=O. The zero-order valence-electron chi connectivity index (χ0n) is 16.4. The van der Waals surface area contributed by atoms with Crippen LogP contribution in [0.4, 0.5) is 11.4 Å². The van der Waals surface area contributed by atoms with Gasteiger partial charge >= 0.3 is 5.97 Å². The van der Waals surface area contributed by atoms with Gasteiger partial charge in [0.05, 0.1) is 5.69 Å². The molecule has 2 aromatic rings. The summed E-state index contributed by atoms with van der Waals surface area (Å²) in [5.41, 5.74) is 0.978. The van der Waals surface area contributed by atoms with Gasteiger partial charge in [-0.1, -0.05) is 30.3 Å². The molecule has 30 heavy (non-hydrogen) atoms. The topological polar surface area (TPSA) is 111 Å². The van der Waals surface area contributed by atoms with Crippen LogP contribution < -0.4 is 10.6 Å². The van der Waals surface area contributed by atoms with Crippen molar-refractivity contribution < 1.29 is 28.7 Å². The Morgan fingerprint density at radius 2 is 1.70 bits per heavy atom. The molecular formula is C22H20N2O6. The first kappa shape index (κ1) is 20.8. The zero-order chi connectivity index (χ0) is 21.7. The summed E-state index contributed by atoms with van der Waals surface area (Å²) >= 11 is 0. The second-order valence-corrected chi connectivity index (χ2v) is 6.55. The summed E-state index contributed by atoms with van der Waals surface area (Å²) in [6.45, 7) is 2.45.